The number of benzene rings is 1. The van der Waals surface area contributed by atoms with Crippen molar-refractivity contribution in [2.75, 3.05) is 12.3 Å². The number of halogens is 1. The Kier molecular flexibility index (Phi) is 4.19. The van der Waals surface area contributed by atoms with Crippen LogP contribution < -0.4 is 11.1 Å². The van der Waals surface area contributed by atoms with Crippen LogP contribution in [0.25, 0.3) is 0 Å². The lowest BCUT2D eigenvalue weighted by atomic mass is 10.2. The zero-order valence-electron chi connectivity index (χ0n) is 8.30. The van der Waals surface area contributed by atoms with Gasteiger partial charge in [-0.3, -0.25) is 4.79 Å². The number of hydrogen-bond acceptors (Lipinski definition) is 2. The molecule has 0 aliphatic rings. The van der Waals surface area contributed by atoms with E-state index in [2.05, 4.69) is 33.1 Å². The lowest BCUT2D eigenvalue weighted by molar-refractivity contribution is 0.0958. The molecule has 0 bridgehead atoms. The highest BCUT2D eigenvalue weighted by atomic mass is 79.9. The van der Waals surface area contributed by atoms with Crippen LogP contribution in [0.3, 0.4) is 0 Å². The lowest BCUT2D eigenvalue weighted by Crippen LogP contribution is -2.23. The Bertz CT molecular complexity index is 432. The average Bonchev–Trinajstić information content (AvgIpc) is 2.22. The van der Waals surface area contributed by atoms with Gasteiger partial charge in [0.15, 0.2) is 0 Å². The summed E-state index contributed by atoms with van der Waals surface area (Å²) in [5, 5.41) is 2.66. The monoisotopic (exact) mass is 266 g/mol. The third kappa shape index (κ3) is 3.30. The van der Waals surface area contributed by atoms with Crippen LogP contribution in [0, 0.1) is 11.8 Å². The molecule has 1 aromatic rings. The highest BCUT2D eigenvalue weighted by molar-refractivity contribution is 9.10. The molecule has 1 aromatic carbocycles. The van der Waals surface area contributed by atoms with Gasteiger partial charge in [-0.15, -0.1) is 5.92 Å². The average molecular weight is 267 g/mol. The third-order valence-corrected chi connectivity index (χ3v) is 2.49. The summed E-state index contributed by atoms with van der Waals surface area (Å²) in [6.45, 7) is 2.08. The van der Waals surface area contributed by atoms with Crippen LogP contribution in [0.5, 0.6) is 0 Å². The maximum atomic E-state index is 11.5. The Morgan fingerprint density at radius 1 is 1.60 bits per heavy atom. The Morgan fingerprint density at radius 2 is 2.33 bits per heavy atom. The summed E-state index contributed by atoms with van der Waals surface area (Å²) in [6.07, 6.45) is 0. The predicted octanol–water partition coefficient (Wildman–Crippen LogP) is 1.78. The Morgan fingerprint density at radius 3 is 2.93 bits per heavy atom. The maximum absolute atomic E-state index is 11.5. The number of nitrogen functional groups attached to an aromatic ring is 1. The number of carbonyl (C=O) groups is 1. The van der Waals surface area contributed by atoms with Crippen LogP contribution in [0.4, 0.5) is 5.69 Å². The van der Waals surface area contributed by atoms with Gasteiger partial charge in [-0.2, -0.15) is 0 Å². The fraction of sp³-hybridized carbons (Fsp3) is 0.182. The van der Waals surface area contributed by atoms with E-state index < -0.39 is 0 Å². The molecule has 0 aliphatic heterocycles. The predicted molar refractivity (Wildman–Crippen MR) is 64.3 cm³/mol. The van der Waals surface area contributed by atoms with Crippen molar-refractivity contribution in [3.05, 3.63) is 28.2 Å². The molecular weight excluding hydrogens is 256 g/mol. The highest BCUT2D eigenvalue weighted by Crippen LogP contribution is 2.19. The van der Waals surface area contributed by atoms with E-state index in [-0.39, 0.29) is 5.91 Å². The fourth-order valence-corrected chi connectivity index (χ4v) is 1.25. The Balaban J connectivity index is 2.72. The minimum Gasteiger partial charge on any atom is -0.398 e. The lowest BCUT2D eigenvalue weighted by Gasteiger charge is -2.03. The number of amides is 1. The normalized spacial score (nSPS) is 8.93. The number of rotatable bonds is 2. The molecule has 1 amide bonds. The zero-order chi connectivity index (χ0) is 11.3. The van der Waals surface area contributed by atoms with Crippen molar-refractivity contribution in [2.45, 2.75) is 6.92 Å². The molecule has 4 heteroatoms. The molecule has 0 spiro atoms. The largest absolute Gasteiger partial charge is 0.398 e. The third-order valence-electron chi connectivity index (χ3n) is 1.77. The van der Waals surface area contributed by atoms with Crippen molar-refractivity contribution < 1.29 is 4.79 Å². The second-order valence-corrected chi connectivity index (χ2v) is 3.70. The van der Waals surface area contributed by atoms with Crippen LogP contribution in [-0.2, 0) is 0 Å². The summed E-state index contributed by atoms with van der Waals surface area (Å²) >= 11 is 3.26. The maximum Gasteiger partial charge on any atom is 0.252 e. The molecular formula is C11H11BrN2O. The number of anilines is 1. The summed E-state index contributed by atoms with van der Waals surface area (Å²) in [6, 6.07) is 5.07. The summed E-state index contributed by atoms with van der Waals surface area (Å²) in [7, 11) is 0. The van der Waals surface area contributed by atoms with E-state index in [0.717, 1.165) is 4.47 Å². The van der Waals surface area contributed by atoms with E-state index >= 15 is 0 Å². The molecule has 0 saturated carbocycles. The molecule has 0 atom stereocenters. The molecule has 15 heavy (non-hydrogen) atoms. The van der Waals surface area contributed by atoms with Gasteiger partial charge in [-0.1, -0.05) is 5.92 Å². The van der Waals surface area contributed by atoms with E-state index in [4.69, 9.17) is 5.73 Å². The van der Waals surface area contributed by atoms with Crippen LogP contribution in [-0.4, -0.2) is 12.5 Å². The van der Waals surface area contributed by atoms with E-state index in [9.17, 15) is 4.79 Å². The summed E-state index contributed by atoms with van der Waals surface area (Å²) in [5.41, 5.74) is 6.74. The highest BCUT2D eigenvalue weighted by Gasteiger charge is 2.05. The summed E-state index contributed by atoms with van der Waals surface area (Å²) in [5.74, 6) is 5.28. The smallest absolute Gasteiger partial charge is 0.252 e. The summed E-state index contributed by atoms with van der Waals surface area (Å²) in [4.78, 5) is 11.5. The van der Waals surface area contributed by atoms with Gasteiger partial charge in [0, 0.05) is 15.7 Å². The standard InChI is InChI=1S/C11H11BrN2O/c1-2-3-6-14-11(15)8-4-5-9(12)10(13)7-8/h4-5,7H,6,13H2,1H3,(H,14,15). The fourth-order valence-electron chi connectivity index (χ4n) is 1.000. The first kappa shape index (κ1) is 11.6. The van der Waals surface area contributed by atoms with Crippen molar-refractivity contribution in [2.24, 2.45) is 0 Å². The first-order valence-electron chi connectivity index (χ1n) is 4.38. The second kappa shape index (κ2) is 5.42. The molecule has 0 fully saturated rings. The Labute approximate surface area is 97.2 Å². The number of hydrogen-bond donors (Lipinski definition) is 2. The van der Waals surface area contributed by atoms with Gasteiger partial charge in [-0.05, 0) is 41.1 Å². The van der Waals surface area contributed by atoms with Gasteiger partial charge in [0.25, 0.3) is 5.91 Å². The molecule has 0 heterocycles. The number of nitrogens with two attached hydrogens (primary N) is 1. The molecule has 3 N–H and O–H groups in total. The molecule has 0 radical (unpaired) electrons. The minimum absolute atomic E-state index is 0.169. The van der Waals surface area contributed by atoms with Crippen molar-refractivity contribution in [3.8, 4) is 11.8 Å². The van der Waals surface area contributed by atoms with Gasteiger partial charge in [-0.25, -0.2) is 0 Å². The van der Waals surface area contributed by atoms with E-state index in [1.54, 1.807) is 25.1 Å². The van der Waals surface area contributed by atoms with Gasteiger partial charge >= 0.3 is 0 Å². The molecule has 0 unspecified atom stereocenters. The van der Waals surface area contributed by atoms with Crippen molar-refractivity contribution in [1.29, 1.82) is 0 Å². The molecule has 78 valence electrons. The minimum atomic E-state index is -0.169. The van der Waals surface area contributed by atoms with E-state index in [0.29, 0.717) is 17.8 Å². The SMILES string of the molecule is CC#CCNC(=O)c1ccc(Br)c(N)c1. The van der Waals surface area contributed by atoms with Crippen molar-refractivity contribution in [1.82, 2.24) is 5.32 Å². The van der Waals surface area contributed by atoms with Gasteiger partial charge < -0.3 is 11.1 Å². The quantitative estimate of drug-likeness (QED) is 0.634. The van der Waals surface area contributed by atoms with E-state index in [1.807, 2.05) is 0 Å². The number of nitrogens with one attached hydrogen (secondary N) is 1. The van der Waals surface area contributed by atoms with Crippen LogP contribution in [0.15, 0.2) is 22.7 Å². The van der Waals surface area contributed by atoms with Crippen LogP contribution in [0.2, 0.25) is 0 Å². The van der Waals surface area contributed by atoms with Gasteiger partial charge in [0.05, 0.1) is 6.54 Å². The molecule has 3 nitrogen and oxygen atoms in total. The molecule has 0 saturated heterocycles. The van der Waals surface area contributed by atoms with E-state index in [1.165, 1.54) is 0 Å². The zero-order valence-corrected chi connectivity index (χ0v) is 9.89. The number of carbonyl (C=O) groups excluding carboxylic acids is 1. The first-order valence-corrected chi connectivity index (χ1v) is 5.17. The molecule has 0 aromatic heterocycles. The van der Waals surface area contributed by atoms with Crippen LogP contribution in [0.1, 0.15) is 17.3 Å². The topological polar surface area (TPSA) is 55.1 Å². The Hall–Kier alpha value is -1.47. The molecule has 0 aliphatic carbocycles. The first-order chi connectivity index (χ1) is 7.15. The van der Waals surface area contributed by atoms with Crippen LogP contribution >= 0.6 is 15.9 Å². The van der Waals surface area contributed by atoms with Crippen molar-refractivity contribution in [3.63, 3.8) is 0 Å². The summed E-state index contributed by atoms with van der Waals surface area (Å²) < 4.78 is 0.785. The molecule has 1 rings (SSSR count). The van der Waals surface area contributed by atoms with Gasteiger partial charge in [0.1, 0.15) is 0 Å². The van der Waals surface area contributed by atoms with Gasteiger partial charge in [0.2, 0.25) is 0 Å². The van der Waals surface area contributed by atoms with Crippen molar-refractivity contribution >= 4 is 27.5 Å². The second-order valence-electron chi connectivity index (χ2n) is 2.85.